The van der Waals surface area contributed by atoms with Gasteiger partial charge in [-0.3, -0.25) is 14.5 Å². The first kappa shape index (κ1) is 26.8. The van der Waals surface area contributed by atoms with Crippen LogP contribution in [0.3, 0.4) is 0 Å². The van der Waals surface area contributed by atoms with E-state index < -0.39 is 29.5 Å². The fourth-order valence-corrected chi connectivity index (χ4v) is 5.71. The maximum Gasteiger partial charge on any atom is 0.337 e. The molecular formula is C31H27N3O5S. The number of ketones is 1. The quantitative estimate of drug-likeness (QED) is 0.230. The van der Waals surface area contributed by atoms with Gasteiger partial charge in [-0.2, -0.15) is 0 Å². The van der Waals surface area contributed by atoms with Crippen molar-refractivity contribution in [2.75, 3.05) is 31.0 Å². The average Bonchev–Trinajstić information content (AvgIpc) is 3.49. The number of nitrogens with zero attached hydrogens (tertiary/aromatic N) is 3. The van der Waals surface area contributed by atoms with Crippen molar-refractivity contribution >= 4 is 40.4 Å². The van der Waals surface area contributed by atoms with Gasteiger partial charge in [0.1, 0.15) is 5.01 Å². The predicted molar refractivity (Wildman–Crippen MR) is 155 cm³/mol. The Bertz CT molecular complexity index is 1620. The van der Waals surface area contributed by atoms with Crippen LogP contribution in [0, 0.1) is 6.92 Å². The molecule has 0 aliphatic carbocycles. The van der Waals surface area contributed by atoms with Crippen LogP contribution >= 0.6 is 11.3 Å². The second-order valence-corrected chi connectivity index (χ2v) is 10.5. The van der Waals surface area contributed by atoms with Crippen LogP contribution in [-0.4, -0.2) is 49.0 Å². The van der Waals surface area contributed by atoms with Gasteiger partial charge in [0.2, 0.25) is 5.78 Å². The number of hydrogen-bond acceptors (Lipinski definition) is 8. The van der Waals surface area contributed by atoms with Crippen molar-refractivity contribution < 1.29 is 24.2 Å². The van der Waals surface area contributed by atoms with Gasteiger partial charge in [-0.05, 0) is 48.9 Å². The number of anilines is 2. The molecule has 2 heterocycles. The Morgan fingerprint density at radius 2 is 1.62 bits per heavy atom. The molecule has 1 atom stereocenters. The molecule has 0 spiro atoms. The summed E-state index contributed by atoms with van der Waals surface area (Å²) in [6, 6.07) is 22.3. The largest absolute Gasteiger partial charge is 0.503 e. The predicted octanol–water partition coefficient (Wildman–Crippen LogP) is 5.75. The minimum absolute atomic E-state index is 0.0222. The first-order valence-electron chi connectivity index (χ1n) is 12.5. The average molecular weight is 554 g/mol. The fraction of sp³-hybridized carbons (Fsp3) is 0.161. The van der Waals surface area contributed by atoms with Crippen LogP contribution in [-0.2, 0) is 9.53 Å². The van der Waals surface area contributed by atoms with Crippen molar-refractivity contribution in [2.24, 2.45) is 0 Å². The van der Waals surface area contributed by atoms with Gasteiger partial charge in [0, 0.05) is 31.0 Å². The number of aliphatic hydroxyl groups is 1. The number of carbonyl (C=O) groups excluding carboxylic acids is 3. The lowest BCUT2D eigenvalue weighted by Gasteiger charge is -2.27. The normalized spacial score (nSPS) is 14.9. The van der Waals surface area contributed by atoms with Crippen molar-refractivity contribution in [1.82, 2.24) is 4.98 Å². The number of aryl methyl sites for hydroxylation is 1. The van der Waals surface area contributed by atoms with E-state index >= 15 is 0 Å². The number of amides is 1. The fourth-order valence-electron chi connectivity index (χ4n) is 4.68. The third-order valence-electron chi connectivity index (χ3n) is 6.77. The van der Waals surface area contributed by atoms with E-state index in [4.69, 9.17) is 4.74 Å². The zero-order chi connectivity index (χ0) is 28.6. The van der Waals surface area contributed by atoms with Gasteiger partial charge in [0.15, 0.2) is 5.76 Å². The lowest BCUT2D eigenvalue weighted by molar-refractivity contribution is -0.117. The highest BCUT2D eigenvalue weighted by Crippen LogP contribution is 2.43. The Labute approximate surface area is 235 Å². The third-order valence-corrected chi connectivity index (χ3v) is 7.97. The minimum atomic E-state index is -0.901. The van der Waals surface area contributed by atoms with Gasteiger partial charge >= 0.3 is 5.97 Å². The lowest BCUT2D eigenvalue weighted by atomic mass is 9.94. The number of ether oxygens (including phenoxy) is 1. The summed E-state index contributed by atoms with van der Waals surface area (Å²) in [6.45, 7) is 1.74. The molecule has 1 N–H and O–H groups in total. The molecule has 1 amide bonds. The van der Waals surface area contributed by atoms with E-state index in [1.54, 1.807) is 19.1 Å². The molecule has 8 nitrogen and oxygen atoms in total. The smallest absolute Gasteiger partial charge is 0.337 e. The van der Waals surface area contributed by atoms with E-state index in [2.05, 4.69) is 4.98 Å². The molecule has 1 aromatic heterocycles. The molecule has 4 aromatic rings. The van der Waals surface area contributed by atoms with E-state index in [0.717, 1.165) is 11.3 Å². The standard InChI is InChI=1S/C31H27N3O5S/c1-18-28(40-29(32-18)20-8-6-5-7-9-20)26(35)24-25(19-10-14-22(15-11-19)33(2)3)34(30(37)27(24)36)23-16-12-21(13-17-23)31(38)39-4/h5-17,25,36H,1-4H3. The SMILES string of the molecule is COC(=O)c1ccc(N2C(=O)C(O)=C(C(=O)c3sc(-c4ccccc4)nc3C)C2c2ccc(N(C)C)cc2)cc1. The van der Waals surface area contributed by atoms with E-state index in [1.165, 1.54) is 35.5 Å². The van der Waals surface area contributed by atoms with Crippen molar-refractivity contribution in [1.29, 1.82) is 0 Å². The van der Waals surface area contributed by atoms with Gasteiger partial charge < -0.3 is 14.7 Å². The number of esters is 1. The number of carbonyl (C=O) groups is 3. The summed E-state index contributed by atoms with van der Waals surface area (Å²) >= 11 is 1.23. The summed E-state index contributed by atoms with van der Waals surface area (Å²) in [5.41, 5.74) is 3.68. The van der Waals surface area contributed by atoms with Crippen LogP contribution in [0.15, 0.2) is 90.2 Å². The highest BCUT2D eigenvalue weighted by atomic mass is 32.1. The van der Waals surface area contributed by atoms with E-state index in [-0.39, 0.29) is 5.57 Å². The van der Waals surface area contributed by atoms with Gasteiger partial charge in [0.25, 0.3) is 5.91 Å². The molecule has 5 rings (SSSR count). The van der Waals surface area contributed by atoms with Crippen molar-refractivity contribution in [2.45, 2.75) is 13.0 Å². The molecule has 0 bridgehead atoms. The number of hydrogen-bond donors (Lipinski definition) is 1. The molecule has 0 fully saturated rings. The van der Waals surface area contributed by atoms with Crippen molar-refractivity contribution in [3.8, 4) is 10.6 Å². The Kier molecular flexibility index (Phi) is 7.23. The number of Topliss-reactive ketones (excluding diaryl/α,β-unsaturated/α-hetero) is 1. The van der Waals surface area contributed by atoms with Gasteiger partial charge in [0.05, 0.1) is 34.9 Å². The Morgan fingerprint density at radius 3 is 2.23 bits per heavy atom. The summed E-state index contributed by atoms with van der Waals surface area (Å²) in [5, 5.41) is 11.8. The molecule has 202 valence electrons. The molecule has 40 heavy (non-hydrogen) atoms. The molecule has 3 aromatic carbocycles. The first-order valence-corrected chi connectivity index (χ1v) is 13.3. The van der Waals surface area contributed by atoms with Crippen LogP contribution in [0.1, 0.15) is 37.3 Å². The number of benzene rings is 3. The van der Waals surface area contributed by atoms with E-state index in [9.17, 15) is 19.5 Å². The molecule has 0 saturated carbocycles. The van der Waals surface area contributed by atoms with Crippen LogP contribution in [0.25, 0.3) is 10.6 Å². The summed E-state index contributed by atoms with van der Waals surface area (Å²) < 4.78 is 4.78. The molecule has 9 heteroatoms. The monoisotopic (exact) mass is 553 g/mol. The Morgan fingerprint density at radius 1 is 0.975 bits per heavy atom. The van der Waals surface area contributed by atoms with Crippen LogP contribution in [0.4, 0.5) is 11.4 Å². The number of aromatic nitrogens is 1. The summed E-state index contributed by atoms with van der Waals surface area (Å²) in [7, 11) is 5.12. The van der Waals surface area contributed by atoms with Crippen molar-refractivity contribution in [3.05, 3.63) is 112 Å². The molecule has 1 unspecified atom stereocenters. The number of rotatable bonds is 7. The van der Waals surface area contributed by atoms with Crippen molar-refractivity contribution in [3.63, 3.8) is 0 Å². The second-order valence-electron chi connectivity index (χ2n) is 9.49. The third kappa shape index (κ3) is 4.76. The number of thiazole rings is 1. The maximum atomic E-state index is 14.1. The highest BCUT2D eigenvalue weighted by Gasteiger charge is 2.45. The van der Waals surface area contributed by atoms with Crippen LogP contribution < -0.4 is 9.80 Å². The highest BCUT2D eigenvalue weighted by molar-refractivity contribution is 7.17. The van der Waals surface area contributed by atoms with Crippen LogP contribution in [0.5, 0.6) is 0 Å². The van der Waals surface area contributed by atoms with Crippen LogP contribution in [0.2, 0.25) is 0 Å². The van der Waals surface area contributed by atoms with E-state index in [1.807, 2.05) is 73.6 Å². The maximum absolute atomic E-state index is 14.1. The molecule has 0 radical (unpaired) electrons. The Balaban J connectivity index is 1.61. The van der Waals surface area contributed by atoms with Gasteiger partial charge in [-0.25, -0.2) is 9.78 Å². The number of aliphatic hydroxyl groups excluding tert-OH is 1. The molecular weight excluding hydrogens is 526 g/mol. The van der Waals surface area contributed by atoms with Gasteiger partial charge in [-0.1, -0.05) is 42.5 Å². The van der Waals surface area contributed by atoms with Gasteiger partial charge in [-0.15, -0.1) is 11.3 Å². The zero-order valence-corrected chi connectivity index (χ0v) is 23.2. The lowest BCUT2D eigenvalue weighted by Crippen LogP contribution is -2.31. The summed E-state index contributed by atoms with van der Waals surface area (Å²) in [5.74, 6) is -2.29. The zero-order valence-electron chi connectivity index (χ0n) is 22.4. The Hall–Kier alpha value is -4.76. The summed E-state index contributed by atoms with van der Waals surface area (Å²) in [6.07, 6.45) is 0. The summed E-state index contributed by atoms with van der Waals surface area (Å²) in [4.78, 5) is 47.9. The number of methoxy groups -OCH3 is 1. The van der Waals surface area contributed by atoms with E-state index in [0.29, 0.717) is 32.4 Å². The topological polar surface area (TPSA) is 100 Å². The first-order chi connectivity index (χ1) is 19.2. The second kappa shape index (κ2) is 10.8. The molecule has 0 saturated heterocycles. The molecule has 1 aliphatic rings. The minimum Gasteiger partial charge on any atom is -0.503 e. The molecule has 1 aliphatic heterocycles.